The highest BCUT2D eigenvalue weighted by atomic mass is 16.5. The molecule has 0 saturated heterocycles. The Bertz CT molecular complexity index is 1520. The Hall–Kier alpha value is -2.89. The lowest BCUT2D eigenvalue weighted by molar-refractivity contribution is -0.158. The van der Waals surface area contributed by atoms with Crippen molar-refractivity contribution in [3.8, 4) is 0 Å². The number of aromatic carboxylic acids is 1. The second kappa shape index (κ2) is 10.8. The van der Waals surface area contributed by atoms with E-state index in [2.05, 4.69) is 65.9 Å². The minimum absolute atomic E-state index is 0.0290. The van der Waals surface area contributed by atoms with Crippen molar-refractivity contribution in [1.29, 1.82) is 0 Å². The van der Waals surface area contributed by atoms with Gasteiger partial charge < -0.3 is 15.2 Å². The highest BCUT2D eigenvalue weighted by molar-refractivity contribution is 6.04. The first-order valence-electron chi connectivity index (χ1n) is 17.6. The van der Waals surface area contributed by atoms with Gasteiger partial charge in [0.15, 0.2) is 0 Å². The van der Waals surface area contributed by atoms with Crippen molar-refractivity contribution >= 4 is 17.8 Å². The number of hydrogen-bond donors (Lipinski definition) is 2. The van der Waals surface area contributed by atoms with Gasteiger partial charge in [-0.15, -0.1) is 0 Å². The van der Waals surface area contributed by atoms with E-state index in [1.54, 1.807) is 29.3 Å². The molecule has 6 rings (SSSR count). The van der Waals surface area contributed by atoms with E-state index in [1.165, 1.54) is 25.8 Å². The first-order valence-corrected chi connectivity index (χ1v) is 17.6. The van der Waals surface area contributed by atoms with Gasteiger partial charge in [0.2, 0.25) is 0 Å². The van der Waals surface area contributed by atoms with Gasteiger partial charge in [-0.05, 0) is 114 Å². The number of ether oxygens (including phenoxy) is 1. The average Bonchev–Trinajstić information content (AvgIpc) is 2.99. The number of fused-ring (bicyclic) bond motifs is 6. The Morgan fingerprint density at radius 2 is 1.57 bits per heavy atom. The summed E-state index contributed by atoms with van der Waals surface area (Å²) >= 11 is 0. The van der Waals surface area contributed by atoms with Gasteiger partial charge in [0.1, 0.15) is 0 Å². The summed E-state index contributed by atoms with van der Waals surface area (Å²) in [7, 11) is 0. The molecule has 8 atom stereocenters. The number of amides is 1. The molecule has 1 amide bonds. The number of carbonyl (C=O) groups excluding carboxylic acids is 2. The maximum absolute atomic E-state index is 13.5. The summed E-state index contributed by atoms with van der Waals surface area (Å²) in [6, 6.07) is 6.48. The Labute approximate surface area is 275 Å². The van der Waals surface area contributed by atoms with Crippen LogP contribution in [0.25, 0.3) is 0 Å². The zero-order valence-electron chi connectivity index (χ0n) is 29.3. The van der Waals surface area contributed by atoms with Crippen LogP contribution in [0.4, 0.5) is 0 Å². The van der Waals surface area contributed by atoms with Gasteiger partial charge in [-0.3, -0.25) is 9.59 Å². The second-order valence-electron chi connectivity index (χ2n) is 17.6. The zero-order valence-corrected chi connectivity index (χ0v) is 29.3. The lowest BCUT2D eigenvalue weighted by atomic mass is 9.35. The van der Waals surface area contributed by atoms with Crippen LogP contribution in [-0.2, 0) is 9.53 Å². The number of hydrogen-bond acceptors (Lipinski definition) is 4. The van der Waals surface area contributed by atoms with Gasteiger partial charge in [-0.2, -0.15) is 0 Å². The summed E-state index contributed by atoms with van der Waals surface area (Å²) in [5.41, 5.74) is 3.76. The van der Waals surface area contributed by atoms with Crippen LogP contribution >= 0.6 is 0 Å². The molecule has 3 saturated carbocycles. The number of carboxylic acid groups (broad SMARTS) is 1. The average molecular weight is 630 g/mol. The molecule has 3 fully saturated rings. The molecule has 0 heterocycles. The SMILES string of the molecule is CC(=O)OC[C@@]1(C)CC[C@]2(C)CC[C@]3(C)C(=C2C1)C=C[C@@H]1[C@@]2(C)CC[C@H](NC(=O)c4ccccc4C(=O)O)C(C)(C)[C@@H]2CC[C@]13C. The quantitative estimate of drug-likeness (QED) is 0.318. The second-order valence-corrected chi connectivity index (χ2v) is 17.6. The molecular formula is C40H55NO5. The number of carbonyl (C=O) groups is 3. The standard InChI is InChI=1S/C40H55NO5/c1-25(42)46-24-36(4)19-20-37(5)21-22-39(7)28(29(37)23-36)13-14-31-38(6)17-16-32(35(2,3)30(38)15-18-40(31,39)8)41-33(43)26-11-9-10-12-27(26)34(44)45/h9-14,30-32H,15-24H2,1-8H3,(H,41,43)(H,44,45)/t30-,31+,32-,36-,37+,38-,39+,40+/m0/s1. The van der Waals surface area contributed by atoms with E-state index in [4.69, 9.17) is 4.74 Å². The molecule has 0 radical (unpaired) electrons. The van der Waals surface area contributed by atoms with Crippen LogP contribution in [0.1, 0.15) is 134 Å². The fourth-order valence-electron chi connectivity index (χ4n) is 11.5. The van der Waals surface area contributed by atoms with Crippen molar-refractivity contribution < 1.29 is 24.2 Å². The molecule has 1 aromatic rings. The largest absolute Gasteiger partial charge is 0.478 e. The third-order valence-corrected chi connectivity index (χ3v) is 14.7. The molecule has 1 aromatic carbocycles. The lowest BCUT2D eigenvalue weighted by Gasteiger charge is -2.69. The lowest BCUT2D eigenvalue weighted by Crippen LogP contribution is -2.64. The molecule has 0 aliphatic heterocycles. The highest BCUT2D eigenvalue weighted by Crippen LogP contribution is 2.74. The molecule has 46 heavy (non-hydrogen) atoms. The number of rotatable bonds is 5. The summed E-state index contributed by atoms with van der Waals surface area (Å²) in [4.78, 5) is 37.1. The van der Waals surface area contributed by atoms with Crippen molar-refractivity contribution in [1.82, 2.24) is 5.32 Å². The summed E-state index contributed by atoms with van der Waals surface area (Å²) in [5, 5.41) is 13.0. The van der Waals surface area contributed by atoms with E-state index in [1.807, 2.05) is 0 Å². The Morgan fingerprint density at radius 3 is 2.24 bits per heavy atom. The van der Waals surface area contributed by atoms with E-state index < -0.39 is 5.97 Å². The third-order valence-electron chi connectivity index (χ3n) is 14.7. The summed E-state index contributed by atoms with van der Waals surface area (Å²) < 4.78 is 5.60. The molecule has 6 heteroatoms. The van der Waals surface area contributed by atoms with Crippen LogP contribution in [0.5, 0.6) is 0 Å². The first-order chi connectivity index (χ1) is 21.4. The van der Waals surface area contributed by atoms with Crippen molar-refractivity contribution in [3.05, 3.63) is 58.7 Å². The molecule has 250 valence electrons. The van der Waals surface area contributed by atoms with E-state index in [0.29, 0.717) is 18.4 Å². The van der Waals surface area contributed by atoms with E-state index in [9.17, 15) is 19.5 Å². The molecular weight excluding hydrogens is 574 g/mol. The monoisotopic (exact) mass is 629 g/mol. The third kappa shape index (κ3) is 4.82. The maximum atomic E-state index is 13.5. The molecule has 0 bridgehead atoms. The van der Waals surface area contributed by atoms with Gasteiger partial charge in [0.25, 0.3) is 5.91 Å². The smallest absolute Gasteiger partial charge is 0.336 e. The van der Waals surface area contributed by atoms with E-state index >= 15 is 0 Å². The van der Waals surface area contributed by atoms with Crippen molar-refractivity contribution in [2.45, 2.75) is 119 Å². The van der Waals surface area contributed by atoms with Crippen molar-refractivity contribution in [3.63, 3.8) is 0 Å². The predicted molar refractivity (Wildman–Crippen MR) is 180 cm³/mol. The van der Waals surface area contributed by atoms with Crippen LogP contribution in [0.15, 0.2) is 47.6 Å². The summed E-state index contributed by atoms with van der Waals surface area (Å²) in [6.45, 7) is 19.1. The zero-order chi connectivity index (χ0) is 33.5. The van der Waals surface area contributed by atoms with E-state index in [-0.39, 0.29) is 61.5 Å². The molecule has 2 N–H and O–H groups in total. The molecule has 5 aliphatic carbocycles. The number of esters is 1. The highest BCUT2D eigenvalue weighted by Gasteiger charge is 2.66. The van der Waals surface area contributed by atoms with Crippen LogP contribution in [0, 0.1) is 44.3 Å². The fraction of sp³-hybridized carbons (Fsp3) is 0.675. The predicted octanol–water partition coefficient (Wildman–Crippen LogP) is 8.77. The first kappa shape index (κ1) is 33.0. The number of nitrogens with one attached hydrogen (secondary N) is 1. The van der Waals surface area contributed by atoms with Crippen molar-refractivity contribution in [2.24, 2.45) is 44.3 Å². The van der Waals surface area contributed by atoms with Crippen LogP contribution in [-0.4, -0.2) is 35.6 Å². The maximum Gasteiger partial charge on any atom is 0.336 e. The van der Waals surface area contributed by atoms with Crippen LogP contribution in [0.3, 0.4) is 0 Å². The number of allylic oxidation sites excluding steroid dienone is 4. The molecule has 5 aliphatic rings. The van der Waals surface area contributed by atoms with Crippen molar-refractivity contribution in [2.75, 3.05) is 6.61 Å². The number of carboxylic acids is 1. The topological polar surface area (TPSA) is 92.7 Å². The van der Waals surface area contributed by atoms with Gasteiger partial charge in [0, 0.05) is 18.4 Å². The van der Waals surface area contributed by atoms with Crippen LogP contribution < -0.4 is 5.32 Å². The minimum atomic E-state index is -1.08. The molecule has 6 nitrogen and oxygen atoms in total. The normalized spacial score (nSPS) is 40.9. The Morgan fingerprint density at radius 1 is 0.891 bits per heavy atom. The fourth-order valence-corrected chi connectivity index (χ4v) is 11.5. The summed E-state index contributed by atoms with van der Waals surface area (Å²) in [5.74, 6) is -0.715. The van der Waals surface area contributed by atoms with Gasteiger partial charge in [0.05, 0.1) is 17.7 Å². The number of benzene rings is 1. The van der Waals surface area contributed by atoms with Gasteiger partial charge in [-0.1, -0.05) is 78.3 Å². The minimum Gasteiger partial charge on any atom is -0.478 e. The van der Waals surface area contributed by atoms with Gasteiger partial charge >= 0.3 is 11.9 Å². The summed E-state index contributed by atoms with van der Waals surface area (Å²) in [6.07, 6.45) is 14.9. The molecule has 0 spiro atoms. The van der Waals surface area contributed by atoms with Gasteiger partial charge in [-0.25, -0.2) is 4.79 Å². The van der Waals surface area contributed by atoms with E-state index in [0.717, 1.165) is 44.9 Å². The Kier molecular flexibility index (Phi) is 7.77. The molecule has 0 unspecified atom stereocenters. The Balaban J connectivity index is 1.31. The molecule has 0 aromatic heterocycles. The van der Waals surface area contributed by atoms with Crippen LogP contribution in [0.2, 0.25) is 0 Å².